The van der Waals surface area contributed by atoms with Crippen LogP contribution in [0.2, 0.25) is 0 Å². The van der Waals surface area contributed by atoms with Gasteiger partial charge in [-0.2, -0.15) is 0 Å². The van der Waals surface area contributed by atoms with Gasteiger partial charge in [0.15, 0.2) is 5.78 Å². The molecule has 0 aliphatic rings. The monoisotopic (exact) mass is 228 g/mol. The molecule has 0 bridgehead atoms. The number of carbonyl (C=O) groups excluding carboxylic acids is 3. The summed E-state index contributed by atoms with van der Waals surface area (Å²) in [5, 5.41) is 0. The Morgan fingerprint density at radius 2 is 1.75 bits per heavy atom. The lowest BCUT2D eigenvalue weighted by Gasteiger charge is -2.11. The van der Waals surface area contributed by atoms with E-state index < -0.39 is 23.5 Å². The maximum Gasteiger partial charge on any atom is 0.316 e. The van der Waals surface area contributed by atoms with E-state index >= 15 is 0 Å². The molecule has 92 valence electrons. The maximum absolute atomic E-state index is 11.5. The summed E-state index contributed by atoms with van der Waals surface area (Å²) in [6.45, 7) is 5.61. The molecule has 0 spiro atoms. The van der Waals surface area contributed by atoms with Crippen LogP contribution in [0.15, 0.2) is 0 Å². The maximum atomic E-state index is 11.5. The quantitative estimate of drug-likeness (QED) is 0.275. The van der Waals surface area contributed by atoms with Crippen LogP contribution in [0, 0.1) is 5.92 Å². The Morgan fingerprint density at radius 1 is 1.12 bits per heavy atom. The van der Waals surface area contributed by atoms with E-state index in [9.17, 15) is 14.4 Å². The van der Waals surface area contributed by atoms with Crippen LogP contribution in [0.1, 0.15) is 46.5 Å². The largest absolute Gasteiger partial charge is 0.465 e. The number of carbonyl (C=O) groups is 3. The molecule has 0 amide bonds. The van der Waals surface area contributed by atoms with Crippen LogP contribution in [0.5, 0.6) is 0 Å². The lowest BCUT2D eigenvalue weighted by Crippen LogP contribution is -2.31. The molecule has 0 aromatic heterocycles. The van der Waals surface area contributed by atoms with Crippen LogP contribution in [0.25, 0.3) is 0 Å². The number of unbranched alkanes of at least 4 members (excludes halogenated alkanes) is 1. The minimum absolute atomic E-state index is 0.136. The summed E-state index contributed by atoms with van der Waals surface area (Å²) >= 11 is 0. The Kier molecular flexibility index (Phi) is 7.42. The Morgan fingerprint density at radius 3 is 2.19 bits per heavy atom. The predicted molar refractivity (Wildman–Crippen MR) is 60.0 cm³/mol. The number of esters is 1. The first-order valence-electron chi connectivity index (χ1n) is 5.82. The third kappa shape index (κ3) is 4.55. The second-order valence-electron chi connectivity index (χ2n) is 3.62. The third-order valence-electron chi connectivity index (χ3n) is 2.35. The van der Waals surface area contributed by atoms with Crippen LogP contribution >= 0.6 is 0 Å². The van der Waals surface area contributed by atoms with Gasteiger partial charge in [0.25, 0.3) is 0 Å². The van der Waals surface area contributed by atoms with E-state index in [-0.39, 0.29) is 6.42 Å². The van der Waals surface area contributed by atoms with Gasteiger partial charge in [0, 0.05) is 6.42 Å². The summed E-state index contributed by atoms with van der Waals surface area (Å²) in [5.41, 5.74) is 0. The first-order chi connectivity index (χ1) is 7.58. The topological polar surface area (TPSA) is 60.4 Å². The summed E-state index contributed by atoms with van der Waals surface area (Å²) < 4.78 is 4.94. The first-order valence-corrected chi connectivity index (χ1v) is 5.82. The second-order valence-corrected chi connectivity index (χ2v) is 3.62. The van der Waals surface area contributed by atoms with Gasteiger partial charge in [-0.3, -0.25) is 14.4 Å². The molecule has 0 aromatic rings. The molecule has 4 heteroatoms. The zero-order valence-corrected chi connectivity index (χ0v) is 10.2. The Labute approximate surface area is 96.4 Å². The summed E-state index contributed by atoms with van der Waals surface area (Å²) in [5.74, 6) is -2.60. The van der Waals surface area contributed by atoms with Gasteiger partial charge in [-0.1, -0.05) is 27.2 Å². The standard InChI is InChI=1S/C12H20O4/c1-4-7-8-16-12(15)9(5-2)11(14)10(13)6-3/h9H,4-8H2,1-3H3. The molecule has 0 fully saturated rings. The SMILES string of the molecule is CCCCOC(=O)C(CC)C(=O)C(=O)CC. The number of hydrogen-bond donors (Lipinski definition) is 0. The van der Waals surface area contributed by atoms with Crippen LogP contribution in [-0.2, 0) is 19.1 Å². The number of Topliss-reactive ketones (excluding diaryl/α,β-unsaturated/α-hetero) is 2. The van der Waals surface area contributed by atoms with Crippen molar-refractivity contribution in [1.82, 2.24) is 0 Å². The molecular weight excluding hydrogens is 208 g/mol. The Bertz CT molecular complexity index is 258. The van der Waals surface area contributed by atoms with E-state index in [0.29, 0.717) is 13.0 Å². The fourth-order valence-electron chi connectivity index (χ4n) is 1.25. The molecule has 0 N–H and O–H groups in total. The smallest absolute Gasteiger partial charge is 0.316 e. The number of rotatable bonds is 8. The highest BCUT2D eigenvalue weighted by Crippen LogP contribution is 2.09. The molecular formula is C12H20O4. The Hall–Kier alpha value is -1.19. The van der Waals surface area contributed by atoms with Gasteiger partial charge in [0.05, 0.1) is 6.61 Å². The summed E-state index contributed by atoms with van der Waals surface area (Å²) in [6.07, 6.45) is 2.15. The van der Waals surface area contributed by atoms with Crippen molar-refractivity contribution >= 4 is 17.5 Å². The van der Waals surface area contributed by atoms with Crippen molar-refractivity contribution in [3.63, 3.8) is 0 Å². The van der Waals surface area contributed by atoms with E-state index in [2.05, 4.69) is 0 Å². The first kappa shape index (κ1) is 14.8. The highest BCUT2D eigenvalue weighted by molar-refractivity contribution is 6.40. The second kappa shape index (κ2) is 8.02. The van der Waals surface area contributed by atoms with Gasteiger partial charge < -0.3 is 4.74 Å². The van der Waals surface area contributed by atoms with Gasteiger partial charge in [0.1, 0.15) is 5.92 Å². The van der Waals surface area contributed by atoms with E-state index in [4.69, 9.17) is 4.74 Å². The minimum Gasteiger partial charge on any atom is -0.465 e. The average Bonchev–Trinajstić information content (AvgIpc) is 2.29. The lowest BCUT2D eigenvalue weighted by atomic mass is 9.97. The van der Waals surface area contributed by atoms with Crippen LogP contribution in [0.4, 0.5) is 0 Å². The molecule has 0 heterocycles. The molecule has 0 radical (unpaired) electrons. The highest BCUT2D eigenvalue weighted by Gasteiger charge is 2.29. The van der Waals surface area contributed by atoms with Gasteiger partial charge >= 0.3 is 5.97 Å². The number of ketones is 2. The number of hydrogen-bond acceptors (Lipinski definition) is 4. The van der Waals surface area contributed by atoms with Crippen LogP contribution in [0.3, 0.4) is 0 Å². The zero-order chi connectivity index (χ0) is 12.6. The lowest BCUT2D eigenvalue weighted by molar-refractivity contribution is -0.155. The van der Waals surface area contributed by atoms with Crippen molar-refractivity contribution in [3.05, 3.63) is 0 Å². The average molecular weight is 228 g/mol. The molecule has 4 nitrogen and oxygen atoms in total. The van der Waals surface area contributed by atoms with Crippen molar-refractivity contribution in [1.29, 1.82) is 0 Å². The molecule has 0 rings (SSSR count). The van der Waals surface area contributed by atoms with Gasteiger partial charge in [-0.05, 0) is 12.8 Å². The molecule has 0 saturated heterocycles. The van der Waals surface area contributed by atoms with E-state index in [1.165, 1.54) is 0 Å². The minimum atomic E-state index is -0.913. The van der Waals surface area contributed by atoms with Gasteiger partial charge in [-0.15, -0.1) is 0 Å². The van der Waals surface area contributed by atoms with Crippen molar-refractivity contribution in [3.8, 4) is 0 Å². The summed E-state index contributed by atoms with van der Waals surface area (Å²) in [7, 11) is 0. The fraction of sp³-hybridized carbons (Fsp3) is 0.750. The molecule has 0 aliphatic heterocycles. The Balaban J connectivity index is 4.31. The van der Waals surface area contributed by atoms with Gasteiger partial charge in [-0.25, -0.2) is 0 Å². The summed E-state index contributed by atoms with van der Waals surface area (Å²) in [6, 6.07) is 0. The molecule has 0 aromatic carbocycles. The number of ether oxygens (including phenoxy) is 1. The zero-order valence-electron chi connectivity index (χ0n) is 10.2. The van der Waals surface area contributed by atoms with Crippen LogP contribution < -0.4 is 0 Å². The third-order valence-corrected chi connectivity index (χ3v) is 2.35. The fourth-order valence-corrected chi connectivity index (χ4v) is 1.25. The van der Waals surface area contributed by atoms with Crippen LogP contribution in [-0.4, -0.2) is 24.1 Å². The molecule has 0 saturated carbocycles. The van der Waals surface area contributed by atoms with E-state index in [1.54, 1.807) is 13.8 Å². The molecule has 16 heavy (non-hydrogen) atoms. The molecule has 1 unspecified atom stereocenters. The van der Waals surface area contributed by atoms with Crippen molar-refractivity contribution in [2.24, 2.45) is 5.92 Å². The highest BCUT2D eigenvalue weighted by atomic mass is 16.5. The van der Waals surface area contributed by atoms with Gasteiger partial charge in [0.2, 0.25) is 5.78 Å². The normalized spacial score (nSPS) is 11.9. The van der Waals surface area contributed by atoms with Crippen molar-refractivity contribution < 1.29 is 19.1 Å². The molecule has 1 atom stereocenters. The van der Waals surface area contributed by atoms with Crippen molar-refractivity contribution in [2.75, 3.05) is 6.61 Å². The summed E-state index contributed by atoms with van der Waals surface area (Å²) in [4.78, 5) is 34.2. The van der Waals surface area contributed by atoms with Crippen molar-refractivity contribution in [2.45, 2.75) is 46.5 Å². The van der Waals surface area contributed by atoms with E-state index in [0.717, 1.165) is 12.8 Å². The predicted octanol–water partition coefficient (Wildman–Crippen LogP) is 1.90. The molecule has 0 aliphatic carbocycles. The van der Waals surface area contributed by atoms with E-state index in [1.807, 2.05) is 6.92 Å².